The van der Waals surface area contributed by atoms with Crippen molar-refractivity contribution in [2.45, 2.75) is 32.1 Å². The van der Waals surface area contributed by atoms with Crippen LogP contribution in [0.15, 0.2) is 18.2 Å². The SMILES string of the molecule is O=C(NCC1C2CC3CC(C2)CC1C3)c1ccc(Cl)cc1Cl. The van der Waals surface area contributed by atoms with Crippen molar-refractivity contribution in [1.82, 2.24) is 5.32 Å². The molecule has 4 bridgehead atoms. The summed E-state index contributed by atoms with van der Waals surface area (Å²) in [4.78, 5) is 12.4. The average molecular weight is 338 g/mol. The first-order chi connectivity index (χ1) is 10.6. The highest BCUT2D eigenvalue weighted by molar-refractivity contribution is 6.36. The van der Waals surface area contributed by atoms with E-state index in [4.69, 9.17) is 23.2 Å². The third-order valence-electron chi connectivity index (χ3n) is 6.10. The number of nitrogens with one attached hydrogen (secondary N) is 1. The quantitative estimate of drug-likeness (QED) is 0.843. The number of benzene rings is 1. The Balaban J connectivity index is 1.41. The summed E-state index contributed by atoms with van der Waals surface area (Å²) in [5.74, 6) is 4.20. The fraction of sp³-hybridized carbons (Fsp3) is 0.611. The lowest BCUT2D eigenvalue weighted by Crippen LogP contribution is -2.49. The lowest BCUT2D eigenvalue weighted by Gasteiger charge is -2.54. The number of hydrogen-bond acceptors (Lipinski definition) is 1. The molecule has 0 heterocycles. The molecular weight excluding hydrogens is 317 g/mol. The molecule has 0 aromatic heterocycles. The van der Waals surface area contributed by atoms with Crippen LogP contribution in [-0.2, 0) is 0 Å². The zero-order valence-corrected chi connectivity index (χ0v) is 14.0. The monoisotopic (exact) mass is 337 g/mol. The van der Waals surface area contributed by atoms with Gasteiger partial charge < -0.3 is 5.32 Å². The second-order valence-corrected chi connectivity index (χ2v) is 8.27. The van der Waals surface area contributed by atoms with Gasteiger partial charge in [0.2, 0.25) is 0 Å². The molecule has 5 rings (SSSR count). The highest BCUT2D eigenvalue weighted by Gasteiger charge is 2.47. The van der Waals surface area contributed by atoms with Gasteiger partial charge in [-0.05, 0) is 79.9 Å². The molecule has 22 heavy (non-hydrogen) atoms. The summed E-state index contributed by atoms with van der Waals surface area (Å²) in [5.41, 5.74) is 0.523. The molecule has 0 aliphatic heterocycles. The Morgan fingerprint density at radius 3 is 2.27 bits per heavy atom. The molecular formula is C18H21Cl2NO. The molecule has 1 aromatic carbocycles. The second kappa shape index (κ2) is 5.72. The van der Waals surface area contributed by atoms with E-state index in [0.29, 0.717) is 21.5 Å². The zero-order chi connectivity index (χ0) is 15.3. The number of carbonyl (C=O) groups is 1. The van der Waals surface area contributed by atoms with Crippen molar-refractivity contribution >= 4 is 29.1 Å². The van der Waals surface area contributed by atoms with Crippen molar-refractivity contribution in [3.8, 4) is 0 Å². The molecule has 4 heteroatoms. The highest BCUT2D eigenvalue weighted by Crippen LogP contribution is 2.56. The normalized spacial score (nSPS) is 35.6. The van der Waals surface area contributed by atoms with Gasteiger partial charge in [0.15, 0.2) is 0 Å². The summed E-state index contributed by atoms with van der Waals surface area (Å²) in [6.07, 6.45) is 7.00. The lowest BCUT2D eigenvalue weighted by molar-refractivity contribution is -0.0347. The van der Waals surface area contributed by atoms with Gasteiger partial charge in [-0.25, -0.2) is 0 Å². The maximum atomic E-state index is 12.4. The molecule has 4 saturated carbocycles. The molecule has 0 atom stereocenters. The van der Waals surface area contributed by atoms with Gasteiger partial charge in [-0.3, -0.25) is 4.79 Å². The summed E-state index contributed by atoms with van der Waals surface area (Å²) in [6, 6.07) is 5.04. The van der Waals surface area contributed by atoms with Gasteiger partial charge in [-0.2, -0.15) is 0 Å². The minimum atomic E-state index is -0.0736. The summed E-state index contributed by atoms with van der Waals surface area (Å²) in [6.45, 7) is 0.798. The van der Waals surface area contributed by atoms with Crippen LogP contribution in [0, 0.1) is 29.6 Å². The third kappa shape index (κ3) is 2.65. The lowest BCUT2D eigenvalue weighted by atomic mass is 9.52. The first-order valence-corrected chi connectivity index (χ1v) is 9.09. The van der Waals surface area contributed by atoms with E-state index in [9.17, 15) is 4.79 Å². The second-order valence-electron chi connectivity index (χ2n) is 7.43. The Hall–Kier alpha value is -0.730. The van der Waals surface area contributed by atoms with Crippen LogP contribution in [0.1, 0.15) is 42.5 Å². The average Bonchev–Trinajstić information content (AvgIpc) is 2.45. The Morgan fingerprint density at radius 2 is 1.68 bits per heavy atom. The van der Waals surface area contributed by atoms with Crippen LogP contribution in [0.4, 0.5) is 0 Å². The van der Waals surface area contributed by atoms with E-state index in [1.165, 1.54) is 32.1 Å². The van der Waals surface area contributed by atoms with Crippen LogP contribution in [0.2, 0.25) is 10.0 Å². The number of hydrogen-bond donors (Lipinski definition) is 1. The number of halogens is 2. The molecule has 118 valence electrons. The first kappa shape index (κ1) is 14.8. The van der Waals surface area contributed by atoms with E-state index >= 15 is 0 Å². The van der Waals surface area contributed by atoms with E-state index < -0.39 is 0 Å². The summed E-state index contributed by atoms with van der Waals surface area (Å²) < 4.78 is 0. The van der Waals surface area contributed by atoms with Crippen LogP contribution in [0.3, 0.4) is 0 Å². The predicted octanol–water partition coefficient (Wildman–Crippen LogP) is 4.80. The van der Waals surface area contributed by atoms with Crippen molar-refractivity contribution in [3.63, 3.8) is 0 Å². The topological polar surface area (TPSA) is 29.1 Å². The van der Waals surface area contributed by atoms with Crippen LogP contribution in [-0.4, -0.2) is 12.5 Å². The van der Waals surface area contributed by atoms with Crippen molar-refractivity contribution in [3.05, 3.63) is 33.8 Å². The van der Waals surface area contributed by atoms with Gasteiger partial charge in [-0.1, -0.05) is 23.2 Å². The Labute approximate surface area is 141 Å². The Kier molecular flexibility index (Phi) is 3.86. The summed E-state index contributed by atoms with van der Waals surface area (Å²) >= 11 is 12.0. The maximum absolute atomic E-state index is 12.4. The molecule has 4 aliphatic carbocycles. The minimum Gasteiger partial charge on any atom is -0.352 e. The third-order valence-corrected chi connectivity index (χ3v) is 6.64. The van der Waals surface area contributed by atoms with Crippen molar-refractivity contribution in [1.29, 1.82) is 0 Å². The van der Waals surface area contributed by atoms with E-state index in [1.807, 2.05) is 0 Å². The molecule has 1 amide bonds. The fourth-order valence-corrected chi connectivity index (χ4v) is 5.84. The Morgan fingerprint density at radius 1 is 1.05 bits per heavy atom. The zero-order valence-electron chi connectivity index (χ0n) is 12.5. The molecule has 2 nitrogen and oxygen atoms in total. The molecule has 4 aliphatic rings. The van der Waals surface area contributed by atoms with Crippen molar-refractivity contribution in [2.24, 2.45) is 29.6 Å². The maximum Gasteiger partial charge on any atom is 0.252 e. The summed E-state index contributed by atoms with van der Waals surface area (Å²) in [7, 11) is 0. The fourth-order valence-electron chi connectivity index (χ4n) is 5.35. The highest BCUT2D eigenvalue weighted by atomic mass is 35.5. The minimum absolute atomic E-state index is 0.0736. The van der Waals surface area contributed by atoms with Crippen molar-refractivity contribution in [2.75, 3.05) is 6.54 Å². The number of rotatable bonds is 3. The molecule has 4 fully saturated rings. The van der Waals surface area contributed by atoms with E-state index in [2.05, 4.69) is 5.32 Å². The molecule has 0 saturated heterocycles. The number of carbonyl (C=O) groups excluding carboxylic acids is 1. The van der Waals surface area contributed by atoms with Crippen LogP contribution >= 0.6 is 23.2 Å². The molecule has 1 aromatic rings. The molecule has 0 unspecified atom stereocenters. The van der Waals surface area contributed by atoms with Gasteiger partial charge in [0.05, 0.1) is 10.6 Å². The smallest absolute Gasteiger partial charge is 0.252 e. The van der Waals surface area contributed by atoms with E-state index in [1.54, 1.807) is 18.2 Å². The largest absolute Gasteiger partial charge is 0.352 e. The predicted molar refractivity (Wildman–Crippen MR) is 89.3 cm³/mol. The Bertz CT molecular complexity index is 573. The molecule has 0 spiro atoms. The van der Waals surface area contributed by atoms with Crippen LogP contribution in [0.25, 0.3) is 0 Å². The number of amides is 1. The van der Waals surface area contributed by atoms with Crippen molar-refractivity contribution < 1.29 is 4.79 Å². The molecule has 0 radical (unpaired) electrons. The van der Waals surface area contributed by atoms with Gasteiger partial charge in [-0.15, -0.1) is 0 Å². The first-order valence-electron chi connectivity index (χ1n) is 8.33. The van der Waals surface area contributed by atoms with Crippen LogP contribution in [0.5, 0.6) is 0 Å². The van der Waals surface area contributed by atoms with Gasteiger partial charge in [0.25, 0.3) is 5.91 Å². The summed E-state index contributed by atoms with van der Waals surface area (Å²) in [5, 5.41) is 4.10. The van der Waals surface area contributed by atoms with E-state index in [-0.39, 0.29) is 5.91 Å². The van der Waals surface area contributed by atoms with Gasteiger partial charge >= 0.3 is 0 Å². The standard InChI is InChI=1S/C18H21Cl2NO/c19-14-1-2-15(17(20)8-14)18(22)21-9-16-12-4-10-3-11(6-12)7-13(16)5-10/h1-2,8,10-13,16H,3-7,9H2,(H,21,22). The van der Waals surface area contributed by atoms with E-state index in [0.717, 1.165) is 30.2 Å². The molecule has 1 N–H and O–H groups in total. The van der Waals surface area contributed by atoms with Gasteiger partial charge in [0.1, 0.15) is 0 Å². The van der Waals surface area contributed by atoms with Crippen LogP contribution < -0.4 is 5.32 Å². The van der Waals surface area contributed by atoms with Gasteiger partial charge in [0, 0.05) is 11.6 Å².